The Labute approximate surface area is 128 Å². The van der Waals surface area contributed by atoms with E-state index in [2.05, 4.69) is 5.32 Å². The van der Waals surface area contributed by atoms with Gasteiger partial charge in [0.1, 0.15) is 12.6 Å². The molecule has 1 rings (SSSR count). The molecule has 0 unspecified atom stereocenters. The third kappa shape index (κ3) is 6.33. The number of rotatable bonds is 7. The molecule has 0 aliphatic rings. The number of carboxylic acid groups (broad SMARTS) is 1. The minimum absolute atomic E-state index is 0.101. The third-order valence-electron chi connectivity index (χ3n) is 2.64. The number of hydrogen-bond acceptors (Lipinski definition) is 5. The minimum Gasteiger partial charge on any atom is -0.480 e. The average Bonchev–Trinajstić information content (AvgIpc) is 2.45. The topological polar surface area (TPSA) is 102 Å². The van der Waals surface area contributed by atoms with Crippen LogP contribution in [-0.4, -0.2) is 34.1 Å². The molecule has 0 amide bonds. The fraction of sp³-hybridized carbons (Fsp3) is 0.357. The number of nitrogens with two attached hydrogens (primary N) is 1. The van der Waals surface area contributed by atoms with E-state index in [1.54, 1.807) is 6.92 Å². The van der Waals surface area contributed by atoms with Crippen molar-refractivity contribution in [3.63, 3.8) is 0 Å². The molecule has 114 valence electrons. The Bertz CT molecular complexity index is 505. The van der Waals surface area contributed by atoms with Crippen LogP contribution in [0.2, 0.25) is 0 Å². The molecule has 0 saturated heterocycles. The average molecular weight is 310 g/mol. The summed E-state index contributed by atoms with van der Waals surface area (Å²) in [5.74, 6) is -1.80. The Hall–Kier alpha value is -1.99. The summed E-state index contributed by atoms with van der Waals surface area (Å²) in [6.45, 7) is 1.73. The number of thiocarbonyl (C=S) groups is 1. The van der Waals surface area contributed by atoms with Crippen LogP contribution >= 0.6 is 12.2 Å². The van der Waals surface area contributed by atoms with E-state index in [0.29, 0.717) is 0 Å². The van der Waals surface area contributed by atoms with Gasteiger partial charge in [-0.15, -0.1) is 0 Å². The van der Waals surface area contributed by atoms with Crippen molar-refractivity contribution in [2.45, 2.75) is 32.0 Å². The van der Waals surface area contributed by atoms with Crippen molar-refractivity contribution in [1.82, 2.24) is 5.32 Å². The van der Waals surface area contributed by atoms with Crippen LogP contribution in [0.5, 0.6) is 0 Å². The van der Waals surface area contributed by atoms with Gasteiger partial charge >= 0.3 is 11.9 Å². The van der Waals surface area contributed by atoms with Gasteiger partial charge < -0.3 is 20.9 Å². The summed E-state index contributed by atoms with van der Waals surface area (Å²) < 4.78 is 5.03. The highest BCUT2D eigenvalue weighted by atomic mass is 32.1. The summed E-state index contributed by atoms with van der Waals surface area (Å²) in [6, 6.07) is 7.49. The number of carbonyl (C=O) groups excluding carboxylic acids is 1. The predicted molar refractivity (Wildman–Crippen MR) is 81.7 cm³/mol. The molecule has 0 saturated carbocycles. The first-order valence-corrected chi connectivity index (χ1v) is 6.79. The van der Waals surface area contributed by atoms with E-state index >= 15 is 0 Å². The van der Waals surface area contributed by atoms with E-state index < -0.39 is 24.0 Å². The van der Waals surface area contributed by atoms with Gasteiger partial charge in [-0.3, -0.25) is 4.79 Å². The van der Waals surface area contributed by atoms with E-state index in [1.165, 1.54) is 0 Å². The highest BCUT2D eigenvalue weighted by Gasteiger charge is 2.23. The first-order chi connectivity index (χ1) is 9.90. The zero-order valence-corrected chi connectivity index (χ0v) is 12.4. The zero-order chi connectivity index (χ0) is 15.8. The fourth-order valence-electron chi connectivity index (χ4n) is 1.47. The van der Waals surface area contributed by atoms with Gasteiger partial charge in [0.25, 0.3) is 0 Å². The number of hydrogen-bond donors (Lipinski definition) is 3. The largest absolute Gasteiger partial charge is 0.480 e. The summed E-state index contributed by atoms with van der Waals surface area (Å²) >= 11 is 4.92. The van der Waals surface area contributed by atoms with E-state index in [9.17, 15) is 9.59 Å². The van der Waals surface area contributed by atoms with Gasteiger partial charge in [0.2, 0.25) is 0 Å². The van der Waals surface area contributed by atoms with Crippen molar-refractivity contribution in [3.8, 4) is 0 Å². The van der Waals surface area contributed by atoms with E-state index in [-0.39, 0.29) is 18.0 Å². The fourth-order valence-corrected chi connectivity index (χ4v) is 1.61. The van der Waals surface area contributed by atoms with Gasteiger partial charge in [-0.2, -0.15) is 0 Å². The molecule has 1 aromatic rings. The summed E-state index contributed by atoms with van der Waals surface area (Å²) in [5.41, 5.74) is 6.37. The lowest BCUT2D eigenvalue weighted by Gasteiger charge is -2.17. The summed E-state index contributed by atoms with van der Waals surface area (Å²) in [6.07, 6.45) is -0.324. The molecule has 1 aromatic carbocycles. The number of esters is 1. The van der Waals surface area contributed by atoms with Crippen molar-refractivity contribution in [3.05, 3.63) is 35.9 Å². The van der Waals surface area contributed by atoms with E-state index in [0.717, 1.165) is 5.56 Å². The molecule has 0 heterocycles. The molecule has 21 heavy (non-hydrogen) atoms. The second kappa shape index (κ2) is 8.33. The normalized spacial score (nSPS) is 13.0. The highest BCUT2D eigenvalue weighted by Crippen LogP contribution is 2.03. The maximum Gasteiger partial charge on any atom is 0.326 e. The Balaban J connectivity index is 2.49. The molecule has 2 atom stereocenters. The molecule has 0 radical (unpaired) electrons. The highest BCUT2D eigenvalue weighted by molar-refractivity contribution is 7.80. The quantitative estimate of drug-likeness (QED) is 0.506. The van der Waals surface area contributed by atoms with Crippen LogP contribution in [0.15, 0.2) is 30.3 Å². The monoisotopic (exact) mass is 310 g/mol. The number of carbonyl (C=O) groups is 2. The second-order valence-electron chi connectivity index (χ2n) is 4.54. The zero-order valence-electron chi connectivity index (χ0n) is 11.6. The van der Waals surface area contributed by atoms with Crippen molar-refractivity contribution in [1.29, 1.82) is 0 Å². The molecule has 0 aliphatic carbocycles. The summed E-state index contributed by atoms with van der Waals surface area (Å²) in [5, 5.41) is 11.6. The van der Waals surface area contributed by atoms with Gasteiger partial charge in [0.05, 0.1) is 17.5 Å². The number of benzene rings is 1. The SMILES string of the molecule is C[C@H](N)C(=S)N[C@@H](CC(=O)OCc1ccccc1)C(=O)O. The third-order valence-corrected chi connectivity index (χ3v) is 3.13. The van der Waals surface area contributed by atoms with Crippen molar-refractivity contribution < 1.29 is 19.4 Å². The first-order valence-electron chi connectivity index (χ1n) is 6.38. The van der Waals surface area contributed by atoms with Gasteiger partial charge in [0.15, 0.2) is 0 Å². The lowest BCUT2D eigenvalue weighted by atomic mass is 10.2. The lowest BCUT2D eigenvalue weighted by Crippen LogP contribution is -2.47. The second-order valence-corrected chi connectivity index (χ2v) is 4.98. The molecule has 0 spiro atoms. The Morgan fingerprint density at radius 1 is 1.38 bits per heavy atom. The van der Waals surface area contributed by atoms with Crippen LogP contribution in [0.25, 0.3) is 0 Å². The minimum atomic E-state index is -1.19. The molecular weight excluding hydrogens is 292 g/mol. The van der Waals surface area contributed by atoms with E-state index in [4.69, 9.17) is 27.8 Å². The molecule has 0 fully saturated rings. The van der Waals surface area contributed by atoms with Crippen molar-refractivity contribution in [2.24, 2.45) is 5.73 Å². The van der Waals surface area contributed by atoms with Crippen LogP contribution in [0, 0.1) is 0 Å². The summed E-state index contributed by atoms with van der Waals surface area (Å²) in [4.78, 5) is 23.0. The Morgan fingerprint density at radius 2 is 2.00 bits per heavy atom. The van der Waals surface area contributed by atoms with Crippen LogP contribution in [0.4, 0.5) is 0 Å². The van der Waals surface area contributed by atoms with Crippen LogP contribution in [-0.2, 0) is 20.9 Å². The summed E-state index contributed by atoms with van der Waals surface area (Å²) in [7, 11) is 0. The number of nitrogens with one attached hydrogen (secondary N) is 1. The van der Waals surface area contributed by atoms with Crippen LogP contribution in [0.3, 0.4) is 0 Å². The van der Waals surface area contributed by atoms with Crippen LogP contribution in [0.1, 0.15) is 18.9 Å². The maximum atomic E-state index is 11.7. The molecular formula is C14H18N2O4S. The standard InChI is InChI=1S/C14H18N2O4S/c1-9(15)13(21)16-11(14(18)19)7-12(17)20-8-10-5-3-2-4-6-10/h2-6,9,11H,7-8,15H2,1H3,(H,16,21)(H,18,19)/t9-,11-/m0/s1. The van der Waals surface area contributed by atoms with E-state index in [1.807, 2.05) is 30.3 Å². The Kier molecular flexibility index (Phi) is 6.77. The predicted octanol–water partition coefficient (Wildman–Crippen LogP) is 0.837. The molecule has 0 aliphatic heterocycles. The van der Waals surface area contributed by atoms with Gasteiger partial charge in [-0.05, 0) is 12.5 Å². The Morgan fingerprint density at radius 3 is 2.52 bits per heavy atom. The smallest absolute Gasteiger partial charge is 0.326 e. The van der Waals surface area contributed by atoms with Crippen molar-refractivity contribution >= 4 is 29.1 Å². The first kappa shape index (κ1) is 17.1. The molecule has 0 aromatic heterocycles. The lowest BCUT2D eigenvalue weighted by molar-refractivity contribution is -0.150. The van der Waals surface area contributed by atoms with Crippen molar-refractivity contribution in [2.75, 3.05) is 0 Å². The van der Waals surface area contributed by atoms with Gasteiger partial charge in [-0.25, -0.2) is 4.79 Å². The number of ether oxygens (including phenoxy) is 1. The number of carboxylic acids is 1. The molecule has 7 heteroatoms. The number of aliphatic carboxylic acids is 1. The van der Waals surface area contributed by atoms with Gasteiger partial charge in [0, 0.05) is 0 Å². The molecule has 0 bridgehead atoms. The maximum absolute atomic E-state index is 11.7. The molecule has 4 N–H and O–H groups in total. The van der Waals surface area contributed by atoms with Gasteiger partial charge in [-0.1, -0.05) is 42.5 Å². The van der Waals surface area contributed by atoms with Crippen LogP contribution < -0.4 is 11.1 Å². The molecule has 6 nitrogen and oxygen atoms in total.